The Morgan fingerprint density at radius 1 is 1.25 bits per heavy atom. The normalized spacial score (nSPS) is 21.5. The fourth-order valence-corrected chi connectivity index (χ4v) is 2.85. The lowest BCUT2D eigenvalue weighted by Crippen LogP contribution is -2.20. The van der Waals surface area contributed by atoms with Crippen LogP contribution in [0.25, 0.3) is 0 Å². The third kappa shape index (κ3) is 3.08. The largest absolute Gasteiger partial charge is 0.299 e. The average Bonchev–Trinajstić information content (AvgIpc) is 2.78. The Balaban J connectivity index is 1.89. The highest BCUT2D eigenvalue weighted by atomic mass is 79.9. The van der Waals surface area contributed by atoms with Crippen molar-refractivity contribution in [2.24, 2.45) is 5.92 Å². The minimum Gasteiger partial charge on any atom is -0.299 e. The summed E-state index contributed by atoms with van der Waals surface area (Å²) >= 11 is 3.58. The van der Waals surface area contributed by atoms with Gasteiger partial charge in [-0.05, 0) is 36.4 Å². The van der Waals surface area contributed by atoms with E-state index in [0.717, 1.165) is 24.2 Å². The van der Waals surface area contributed by atoms with Crippen LogP contribution < -0.4 is 0 Å². The van der Waals surface area contributed by atoms with Gasteiger partial charge in [-0.3, -0.25) is 4.90 Å². The monoisotopic (exact) mass is 281 g/mol. The van der Waals surface area contributed by atoms with Gasteiger partial charge in [0.25, 0.3) is 0 Å². The number of alkyl halides is 1. The third-order valence-electron chi connectivity index (χ3n) is 3.43. The number of aryl methyl sites for hydroxylation is 1. The fourth-order valence-electron chi connectivity index (χ4n) is 2.32. The first kappa shape index (κ1) is 12.1. The van der Waals surface area contributed by atoms with Crippen molar-refractivity contribution >= 4 is 15.9 Å². The Hall–Kier alpha value is -0.340. The molecule has 2 heteroatoms. The van der Waals surface area contributed by atoms with Gasteiger partial charge in [0.2, 0.25) is 0 Å². The predicted molar refractivity (Wildman–Crippen MR) is 73.0 cm³/mol. The van der Waals surface area contributed by atoms with Crippen molar-refractivity contribution in [3.63, 3.8) is 0 Å². The first-order chi connectivity index (χ1) is 7.81. The Labute approximate surface area is 107 Å². The van der Waals surface area contributed by atoms with Crippen LogP contribution in [-0.2, 0) is 13.0 Å². The molecule has 1 unspecified atom stereocenters. The van der Waals surface area contributed by atoms with Crippen molar-refractivity contribution in [3.8, 4) is 0 Å². The van der Waals surface area contributed by atoms with E-state index in [1.807, 2.05) is 0 Å². The summed E-state index contributed by atoms with van der Waals surface area (Å²) in [6.07, 6.45) is 2.48. The van der Waals surface area contributed by atoms with E-state index >= 15 is 0 Å². The quantitative estimate of drug-likeness (QED) is 0.764. The summed E-state index contributed by atoms with van der Waals surface area (Å²) in [4.78, 5) is 2.56. The van der Waals surface area contributed by atoms with E-state index in [-0.39, 0.29) is 0 Å². The maximum atomic E-state index is 3.58. The molecule has 0 bridgehead atoms. The SMILES string of the molecule is CCc1ccc(CN2CCC(CBr)C2)cc1. The Bertz CT molecular complexity index is 320. The highest BCUT2D eigenvalue weighted by molar-refractivity contribution is 9.09. The number of benzene rings is 1. The lowest BCUT2D eigenvalue weighted by molar-refractivity contribution is 0.321. The van der Waals surface area contributed by atoms with E-state index in [9.17, 15) is 0 Å². The molecule has 1 heterocycles. The number of halogens is 1. The molecule has 88 valence electrons. The van der Waals surface area contributed by atoms with Crippen LogP contribution in [0, 0.1) is 5.92 Å². The molecule has 1 fully saturated rings. The molecule has 16 heavy (non-hydrogen) atoms. The molecule has 1 aromatic carbocycles. The Kier molecular flexibility index (Phi) is 4.42. The van der Waals surface area contributed by atoms with Gasteiger partial charge >= 0.3 is 0 Å². The second kappa shape index (κ2) is 5.83. The van der Waals surface area contributed by atoms with Crippen molar-refractivity contribution in [3.05, 3.63) is 35.4 Å². The molecule has 1 aromatic rings. The number of rotatable bonds is 4. The number of likely N-dealkylation sites (tertiary alicyclic amines) is 1. The molecule has 0 N–H and O–H groups in total. The zero-order chi connectivity index (χ0) is 11.4. The van der Waals surface area contributed by atoms with Crippen LogP contribution in [0.4, 0.5) is 0 Å². The molecule has 1 aliphatic rings. The van der Waals surface area contributed by atoms with E-state index in [4.69, 9.17) is 0 Å². The molecule has 2 rings (SSSR count). The summed E-state index contributed by atoms with van der Waals surface area (Å²) < 4.78 is 0. The third-order valence-corrected chi connectivity index (χ3v) is 4.34. The van der Waals surface area contributed by atoms with Crippen LogP contribution in [-0.4, -0.2) is 23.3 Å². The Morgan fingerprint density at radius 3 is 2.50 bits per heavy atom. The van der Waals surface area contributed by atoms with Gasteiger partial charge in [0.15, 0.2) is 0 Å². The van der Waals surface area contributed by atoms with E-state index in [2.05, 4.69) is 52.0 Å². The van der Waals surface area contributed by atoms with Gasteiger partial charge in [0.05, 0.1) is 0 Å². The molecule has 0 aromatic heterocycles. The van der Waals surface area contributed by atoms with Crippen molar-refractivity contribution in [2.75, 3.05) is 18.4 Å². The molecular weight excluding hydrogens is 262 g/mol. The zero-order valence-electron chi connectivity index (χ0n) is 9.95. The van der Waals surface area contributed by atoms with Crippen LogP contribution in [0.3, 0.4) is 0 Å². The number of hydrogen-bond donors (Lipinski definition) is 0. The first-order valence-electron chi connectivity index (χ1n) is 6.18. The van der Waals surface area contributed by atoms with Gasteiger partial charge in [-0.2, -0.15) is 0 Å². The highest BCUT2D eigenvalue weighted by Crippen LogP contribution is 2.20. The standard InChI is InChI=1S/C14H20BrN/c1-2-12-3-5-13(6-4-12)10-16-8-7-14(9-15)11-16/h3-6,14H,2,7-11H2,1H3. The topological polar surface area (TPSA) is 3.24 Å². The van der Waals surface area contributed by atoms with Gasteiger partial charge in [0.1, 0.15) is 0 Å². The number of hydrogen-bond acceptors (Lipinski definition) is 1. The van der Waals surface area contributed by atoms with Gasteiger partial charge in [-0.25, -0.2) is 0 Å². The molecule has 1 atom stereocenters. The van der Waals surface area contributed by atoms with Crippen LogP contribution in [0.1, 0.15) is 24.5 Å². The van der Waals surface area contributed by atoms with Crippen molar-refractivity contribution in [2.45, 2.75) is 26.3 Å². The molecule has 0 spiro atoms. The first-order valence-corrected chi connectivity index (χ1v) is 7.30. The molecule has 1 saturated heterocycles. The maximum Gasteiger partial charge on any atom is 0.0233 e. The summed E-state index contributed by atoms with van der Waals surface area (Å²) in [5.74, 6) is 0.856. The van der Waals surface area contributed by atoms with E-state index in [1.165, 1.54) is 30.6 Å². The van der Waals surface area contributed by atoms with Gasteiger partial charge in [-0.15, -0.1) is 0 Å². The van der Waals surface area contributed by atoms with Crippen molar-refractivity contribution in [1.82, 2.24) is 4.90 Å². The summed E-state index contributed by atoms with van der Waals surface area (Å²) in [5, 5.41) is 1.15. The lowest BCUT2D eigenvalue weighted by Gasteiger charge is -2.15. The molecule has 1 aliphatic heterocycles. The van der Waals surface area contributed by atoms with Crippen LogP contribution in [0.15, 0.2) is 24.3 Å². The van der Waals surface area contributed by atoms with Gasteiger partial charge in [0, 0.05) is 18.4 Å². The minimum absolute atomic E-state index is 0.856. The average molecular weight is 282 g/mol. The Morgan fingerprint density at radius 2 is 1.94 bits per heavy atom. The van der Waals surface area contributed by atoms with Crippen molar-refractivity contribution in [1.29, 1.82) is 0 Å². The van der Waals surface area contributed by atoms with Crippen LogP contribution >= 0.6 is 15.9 Å². The molecule has 0 aliphatic carbocycles. The molecular formula is C14H20BrN. The van der Waals surface area contributed by atoms with E-state index in [0.29, 0.717) is 0 Å². The molecule has 0 amide bonds. The maximum absolute atomic E-state index is 3.58. The molecule has 0 radical (unpaired) electrons. The summed E-state index contributed by atoms with van der Waals surface area (Å²) in [6, 6.07) is 9.07. The number of nitrogens with zero attached hydrogens (tertiary/aromatic N) is 1. The van der Waals surface area contributed by atoms with Crippen molar-refractivity contribution < 1.29 is 0 Å². The molecule has 1 nitrogen and oxygen atoms in total. The second-order valence-electron chi connectivity index (χ2n) is 4.71. The van der Waals surface area contributed by atoms with E-state index < -0.39 is 0 Å². The zero-order valence-corrected chi connectivity index (χ0v) is 11.5. The predicted octanol–water partition coefficient (Wildman–Crippen LogP) is 3.47. The summed E-state index contributed by atoms with van der Waals surface area (Å²) in [6.45, 7) is 5.83. The van der Waals surface area contributed by atoms with Gasteiger partial charge in [-0.1, -0.05) is 47.1 Å². The smallest absolute Gasteiger partial charge is 0.0233 e. The second-order valence-corrected chi connectivity index (χ2v) is 5.36. The minimum atomic E-state index is 0.856. The molecule has 0 saturated carbocycles. The fraction of sp³-hybridized carbons (Fsp3) is 0.571. The van der Waals surface area contributed by atoms with Crippen LogP contribution in [0.2, 0.25) is 0 Å². The summed E-state index contributed by atoms with van der Waals surface area (Å²) in [7, 11) is 0. The van der Waals surface area contributed by atoms with E-state index in [1.54, 1.807) is 0 Å². The lowest BCUT2D eigenvalue weighted by atomic mass is 10.1. The van der Waals surface area contributed by atoms with Crippen LogP contribution in [0.5, 0.6) is 0 Å². The van der Waals surface area contributed by atoms with Gasteiger partial charge < -0.3 is 0 Å². The summed E-state index contributed by atoms with van der Waals surface area (Å²) in [5.41, 5.74) is 2.89. The highest BCUT2D eigenvalue weighted by Gasteiger charge is 2.20.